The lowest BCUT2D eigenvalue weighted by atomic mass is 9.99. The van der Waals surface area contributed by atoms with E-state index >= 15 is 0 Å². The molecule has 0 saturated carbocycles. The van der Waals surface area contributed by atoms with E-state index in [0.29, 0.717) is 5.89 Å². The molecule has 0 atom stereocenters. The Balaban J connectivity index is 1.37. The minimum atomic E-state index is 0.640. The molecule has 0 fully saturated rings. The Morgan fingerprint density at radius 2 is 0.828 bits per heavy atom. The normalized spacial score (nSPS) is 10.8. The zero-order valence-corrected chi connectivity index (χ0v) is 15.8. The molecule has 1 heterocycles. The van der Waals surface area contributed by atoms with E-state index in [1.165, 1.54) is 22.3 Å². The zero-order valence-electron chi connectivity index (χ0n) is 15.8. The van der Waals surface area contributed by atoms with Crippen LogP contribution in [0.25, 0.3) is 45.0 Å². The lowest BCUT2D eigenvalue weighted by molar-refractivity contribution is 0.589. The van der Waals surface area contributed by atoms with E-state index in [-0.39, 0.29) is 0 Å². The van der Waals surface area contributed by atoms with E-state index in [1.807, 2.05) is 36.4 Å². The van der Waals surface area contributed by atoms with E-state index in [1.54, 1.807) is 6.20 Å². The summed E-state index contributed by atoms with van der Waals surface area (Å²) in [6.07, 6.45) is 1.78. The van der Waals surface area contributed by atoms with Crippen LogP contribution >= 0.6 is 0 Å². The van der Waals surface area contributed by atoms with Crippen LogP contribution in [0.1, 0.15) is 0 Å². The Hall–Kier alpha value is -3.91. The number of hydrogen-bond acceptors (Lipinski definition) is 2. The summed E-state index contributed by atoms with van der Waals surface area (Å²) in [4.78, 5) is 4.42. The molecular weight excluding hydrogens is 354 g/mol. The van der Waals surface area contributed by atoms with E-state index in [0.717, 1.165) is 16.9 Å². The molecule has 0 aliphatic heterocycles. The van der Waals surface area contributed by atoms with E-state index in [2.05, 4.69) is 77.8 Å². The maximum absolute atomic E-state index is 5.95. The monoisotopic (exact) mass is 373 g/mol. The third-order valence-electron chi connectivity index (χ3n) is 5.02. The summed E-state index contributed by atoms with van der Waals surface area (Å²) in [5.41, 5.74) is 6.82. The van der Waals surface area contributed by atoms with Crippen molar-refractivity contribution in [1.29, 1.82) is 0 Å². The maximum Gasteiger partial charge on any atom is 0.226 e. The molecule has 0 unspecified atom stereocenters. The molecule has 5 aromatic rings. The van der Waals surface area contributed by atoms with Gasteiger partial charge in [-0.15, -0.1) is 0 Å². The van der Waals surface area contributed by atoms with Crippen LogP contribution in [0.5, 0.6) is 0 Å². The molecule has 0 spiro atoms. The van der Waals surface area contributed by atoms with Crippen molar-refractivity contribution in [3.63, 3.8) is 0 Å². The molecule has 0 bridgehead atoms. The first kappa shape index (κ1) is 17.2. The van der Waals surface area contributed by atoms with Gasteiger partial charge in [0.25, 0.3) is 0 Å². The highest BCUT2D eigenvalue weighted by molar-refractivity contribution is 5.72. The highest BCUT2D eigenvalue weighted by Gasteiger charge is 2.08. The summed E-state index contributed by atoms with van der Waals surface area (Å²) in [6.45, 7) is 0. The second-order valence-electron chi connectivity index (χ2n) is 6.92. The molecule has 0 amide bonds. The second kappa shape index (κ2) is 7.61. The van der Waals surface area contributed by atoms with E-state index in [9.17, 15) is 0 Å². The summed E-state index contributed by atoms with van der Waals surface area (Å²) < 4.78 is 5.95. The molecule has 0 N–H and O–H groups in total. The highest BCUT2D eigenvalue weighted by Crippen LogP contribution is 2.29. The van der Waals surface area contributed by atoms with Gasteiger partial charge in [0.15, 0.2) is 5.76 Å². The molecule has 138 valence electrons. The van der Waals surface area contributed by atoms with Crippen molar-refractivity contribution in [2.75, 3.05) is 0 Å². The Labute approximate surface area is 170 Å². The number of oxazole rings is 1. The Kier molecular flexibility index (Phi) is 4.51. The Bertz CT molecular complexity index is 1210. The van der Waals surface area contributed by atoms with Gasteiger partial charge in [-0.2, -0.15) is 0 Å². The fraction of sp³-hybridized carbons (Fsp3) is 0. The van der Waals surface area contributed by atoms with E-state index < -0.39 is 0 Å². The maximum atomic E-state index is 5.95. The number of aromatic nitrogens is 1. The molecule has 5 rings (SSSR count). The lowest BCUT2D eigenvalue weighted by Gasteiger charge is -2.06. The quantitative estimate of drug-likeness (QED) is 0.329. The first-order chi connectivity index (χ1) is 14.4. The van der Waals surface area contributed by atoms with Crippen molar-refractivity contribution in [2.45, 2.75) is 0 Å². The van der Waals surface area contributed by atoms with Crippen LogP contribution in [0.4, 0.5) is 0 Å². The first-order valence-electron chi connectivity index (χ1n) is 9.64. The number of benzene rings is 4. The van der Waals surface area contributed by atoms with Gasteiger partial charge in [-0.25, -0.2) is 4.98 Å². The predicted octanol–water partition coefficient (Wildman–Crippen LogP) is 7.34. The number of rotatable bonds is 4. The highest BCUT2D eigenvalue weighted by atomic mass is 16.4. The van der Waals surface area contributed by atoms with Gasteiger partial charge >= 0.3 is 0 Å². The van der Waals surface area contributed by atoms with Crippen LogP contribution in [0.15, 0.2) is 120 Å². The third-order valence-corrected chi connectivity index (χ3v) is 5.02. The van der Waals surface area contributed by atoms with E-state index in [4.69, 9.17) is 4.42 Å². The van der Waals surface area contributed by atoms with Gasteiger partial charge in [0.2, 0.25) is 5.89 Å². The second-order valence-corrected chi connectivity index (χ2v) is 6.92. The van der Waals surface area contributed by atoms with Crippen molar-refractivity contribution < 1.29 is 4.42 Å². The average molecular weight is 373 g/mol. The predicted molar refractivity (Wildman–Crippen MR) is 118 cm³/mol. The molecule has 1 aromatic heterocycles. The summed E-state index contributed by atoms with van der Waals surface area (Å²) >= 11 is 0. The SMILES string of the molecule is c1ccc(-c2ccc(-c3ccc(-c4cnc(-c5ccccc5)o4)cc3)cc2)cc1. The molecule has 29 heavy (non-hydrogen) atoms. The summed E-state index contributed by atoms with van der Waals surface area (Å²) in [5, 5.41) is 0. The molecule has 4 aromatic carbocycles. The summed E-state index contributed by atoms with van der Waals surface area (Å²) in [7, 11) is 0. The molecule has 0 saturated heterocycles. The van der Waals surface area contributed by atoms with Crippen molar-refractivity contribution in [3.05, 3.63) is 115 Å². The molecule has 2 nitrogen and oxygen atoms in total. The van der Waals surface area contributed by atoms with Crippen LogP contribution in [0, 0.1) is 0 Å². The smallest absolute Gasteiger partial charge is 0.226 e. The minimum absolute atomic E-state index is 0.640. The fourth-order valence-corrected chi connectivity index (χ4v) is 3.43. The van der Waals surface area contributed by atoms with Crippen molar-refractivity contribution >= 4 is 0 Å². The third kappa shape index (κ3) is 3.61. The molecule has 0 aliphatic rings. The van der Waals surface area contributed by atoms with Gasteiger partial charge in [0.05, 0.1) is 6.20 Å². The molecular formula is C27H19NO. The van der Waals surface area contributed by atoms with Crippen LogP contribution in [-0.4, -0.2) is 4.98 Å². The van der Waals surface area contributed by atoms with Crippen LogP contribution in [-0.2, 0) is 0 Å². The minimum Gasteiger partial charge on any atom is -0.436 e. The zero-order chi connectivity index (χ0) is 19.5. The topological polar surface area (TPSA) is 26.0 Å². The Morgan fingerprint density at radius 1 is 0.414 bits per heavy atom. The largest absolute Gasteiger partial charge is 0.436 e. The van der Waals surface area contributed by atoms with Gasteiger partial charge in [-0.3, -0.25) is 0 Å². The molecule has 0 aliphatic carbocycles. The van der Waals surface area contributed by atoms with Crippen molar-refractivity contribution in [1.82, 2.24) is 4.98 Å². The van der Waals surface area contributed by atoms with Crippen LogP contribution in [0.3, 0.4) is 0 Å². The number of hydrogen-bond donors (Lipinski definition) is 0. The van der Waals surface area contributed by atoms with Crippen LogP contribution in [0.2, 0.25) is 0 Å². The van der Waals surface area contributed by atoms with Gasteiger partial charge in [-0.05, 0) is 34.4 Å². The molecule has 2 heteroatoms. The standard InChI is InChI=1S/C27H19NO/c1-3-7-20(8-4-1)21-11-13-22(14-12-21)23-15-17-24(18-16-23)26-19-28-27(29-26)25-9-5-2-6-10-25/h1-19H. The first-order valence-corrected chi connectivity index (χ1v) is 9.64. The lowest BCUT2D eigenvalue weighted by Crippen LogP contribution is -1.81. The van der Waals surface area contributed by atoms with Crippen molar-refractivity contribution in [2.24, 2.45) is 0 Å². The summed E-state index contributed by atoms with van der Waals surface area (Å²) in [6, 6.07) is 37.4. The number of nitrogens with zero attached hydrogens (tertiary/aromatic N) is 1. The average Bonchev–Trinajstić information content (AvgIpc) is 3.31. The summed E-state index contributed by atoms with van der Waals surface area (Å²) in [5.74, 6) is 1.41. The van der Waals surface area contributed by atoms with Crippen LogP contribution < -0.4 is 0 Å². The van der Waals surface area contributed by atoms with Gasteiger partial charge < -0.3 is 4.42 Å². The Morgan fingerprint density at radius 3 is 1.34 bits per heavy atom. The van der Waals surface area contributed by atoms with Gasteiger partial charge in [-0.1, -0.05) is 97.1 Å². The fourth-order valence-electron chi connectivity index (χ4n) is 3.43. The van der Waals surface area contributed by atoms with Crippen molar-refractivity contribution in [3.8, 4) is 45.0 Å². The van der Waals surface area contributed by atoms with Gasteiger partial charge in [0.1, 0.15) is 0 Å². The molecule has 0 radical (unpaired) electrons. The van der Waals surface area contributed by atoms with Gasteiger partial charge in [0, 0.05) is 11.1 Å².